The smallest absolute Gasteiger partial charge is 0.191 e. The Labute approximate surface area is 126 Å². The molecule has 0 unspecified atom stereocenters. The second-order valence-electron chi connectivity index (χ2n) is 5.76. The van der Waals surface area contributed by atoms with E-state index in [1.807, 2.05) is 5.38 Å². The highest BCUT2D eigenvalue weighted by Gasteiger charge is 2.18. The van der Waals surface area contributed by atoms with Crippen molar-refractivity contribution >= 4 is 11.3 Å². The number of rotatable bonds is 4. The topological polar surface area (TPSA) is 48.1 Å². The van der Waals surface area contributed by atoms with E-state index in [1.54, 1.807) is 0 Å². The number of hydrogen-bond acceptors (Lipinski definition) is 4. The van der Waals surface area contributed by atoms with Crippen molar-refractivity contribution < 1.29 is 13.5 Å². The third-order valence-corrected chi connectivity index (χ3v) is 3.78. The van der Waals surface area contributed by atoms with E-state index in [0.717, 1.165) is 5.69 Å². The van der Waals surface area contributed by atoms with Crippen LogP contribution >= 0.6 is 11.3 Å². The van der Waals surface area contributed by atoms with Crippen LogP contribution in [0, 0.1) is 11.6 Å². The van der Waals surface area contributed by atoms with Crippen molar-refractivity contribution in [1.82, 2.24) is 4.98 Å². The Balaban J connectivity index is 2.12. The van der Waals surface area contributed by atoms with Gasteiger partial charge in [-0.25, -0.2) is 13.8 Å². The van der Waals surface area contributed by atoms with Crippen molar-refractivity contribution in [3.63, 3.8) is 0 Å². The van der Waals surface area contributed by atoms with Gasteiger partial charge in [-0.05, 0) is 17.7 Å². The second kappa shape index (κ2) is 6.07. The zero-order chi connectivity index (χ0) is 15.6. The lowest BCUT2D eigenvalue weighted by molar-refractivity contribution is 0.273. The number of thiazole rings is 1. The summed E-state index contributed by atoms with van der Waals surface area (Å²) in [5, 5.41) is 2.62. The number of ether oxygens (including phenoxy) is 1. The van der Waals surface area contributed by atoms with Gasteiger partial charge in [0.15, 0.2) is 17.4 Å². The maximum atomic E-state index is 13.8. The van der Waals surface area contributed by atoms with Crippen LogP contribution in [0.1, 0.15) is 37.0 Å². The Morgan fingerprint density at radius 3 is 2.33 bits per heavy atom. The highest BCUT2D eigenvalue weighted by molar-refractivity contribution is 7.09. The monoisotopic (exact) mass is 312 g/mol. The van der Waals surface area contributed by atoms with E-state index < -0.39 is 11.6 Å². The van der Waals surface area contributed by atoms with E-state index in [9.17, 15) is 8.78 Å². The SMILES string of the molecule is CC(C)(C)c1csc(COc2c(F)cc(CN)cc2F)n1. The summed E-state index contributed by atoms with van der Waals surface area (Å²) in [6.07, 6.45) is 0. The fourth-order valence-electron chi connectivity index (χ4n) is 1.72. The predicted molar refractivity (Wildman–Crippen MR) is 79.4 cm³/mol. The van der Waals surface area contributed by atoms with E-state index >= 15 is 0 Å². The Kier molecular flexibility index (Phi) is 4.58. The van der Waals surface area contributed by atoms with E-state index in [4.69, 9.17) is 10.5 Å². The molecule has 1 aromatic carbocycles. The molecule has 1 aromatic heterocycles. The maximum Gasteiger partial charge on any atom is 0.191 e. The van der Waals surface area contributed by atoms with Gasteiger partial charge in [-0.1, -0.05) is 20.8 Å². The molecule has 0 bridgehead atoms. The summed E-state index contributed by atoms with van der Waals surface area (Å²) in [5.41, 5.74) is 6.63. The molecule has 0 amide bonds. The molecule has 21 heavy (non-hydrogen) atoms. The van der Waals surface area contributed by atoms with Crippen molar-refractivity contribution in [3.05, 3.63) is 45.4 Å². The number of nitrogens with zero attached hydrogens (tertiary/aromatic N) is 1. The van der Waals surface area contributed by atoms with Gasteiger partial charge in [-0.2, -0.15) is 0 Å². The fraction of sp³-hybridized carbons (Fsp3) is 0.400. The zero-order valence-electron chi connectivity index (χ0n) is 12.2. The van der Waals surface area contributed by atoms with E-state index in [0.29, 0.717) is 10.6 Å². The first kappa shape index (κ1) is 15.9. The van der Waals surface area contributed by atoms with Gasteiger partial charge in [0.25, 0.3) is 0 Å². The minimum atomic E-state index is -0.747. The van der Waals surface area contributed by atoms with E-state index in [2.05, 4.69) is 25.8 Å². The summed E-state index contributed by atoms with van der Waals surface area (Å²) in [5.74, 6) is -1.88. The maximum absolute atomic E-state index is 13.8. The van der Waals surface area contributed by atoms with E-state index in [1.165, 1.54) is 23.5 Å². The molecule has 2 aromatic rings. The number of benzene rings is 1. The molecular weight excluding hydrogens is 294 g/mol. The van der Waals surface area contributed by atoms with Crippen LogP contribution in [0.3, 0.4) is 0 Å². The van der Waals surface area contributed by atoms with Gasteiger partial charge < -0.3 is 10.5 Å². The third kappa shape index (κ3) is 3.77. The van der Waals surface area contributed by atoms with Crippen LogP contribution in [-0.2, 0) is 18.6 Å². The normalized spacial score (nSPS) is 11.7. The Bertz CT molecular complexity index is 612. The summed E-state index contributed by atoms with van der Waals surface area (Å²) in [7, 11) is 0. The summed E-state index contributed by atoms with van der Waals surface area (Å²) in [6.45, 7) is 6.28. The largest absolute Gasteiger partial charge is 0.480 e. The van der Waals surface area contributed by atoms with Gasteiger partial charge in [-0.15, -0.1) is 11.3 Å². The molecule has 3 nitrogen and oxygen atoms in total. The van der Waals surface area contributed by atoms with Crippen molar-refractivity contribution in [1.29, 1.82) is 0 Å². The van der Waals surface area contributed by atoms with Gasteiger partial charge in [0, 0.05) is 17.3 Å². The Hall–Kier alpha value is -1.53. The molecule has 2 rings (SSSR count). The molecular formula is C15H18F2N2OS. The van der Waals surface area contributed by atoms with Gasteiger partial charge in [0.05, 0.1) is 5.69 Å². The lowest BCUT2D eigenvalue weighted by Crippen LogP contribution is -2.11. The van der Waals surface area contributed by atoms with Crippen molar-refractivity contribution in [2.45, 2.75) is 39.3 Å². The molecule has 0 aliphatic heterocycles. The average molecular weight is 312 g/mol. The lowest BCUT2D eigenvalue weighted by Gasteiger charge is -2.14. The number of nitrogens with two attached hydrogens (primary N) is 1. The van der Waals surface area contributed by atoms with Crippen LogP contribution in [0.4, 0.5) is 8.78 Å². The first-order valence-electron chi connectivity index (χ1n) is 6.57. The molecule has 1 heterocycles. The van der Waals surface area contributed by atoms with Crippen LogP contribution in [0.5, 0.6) is 5.75 Å². The van der Waals surface area contributed by atoms with Gasteiger partial charge in [0.1, 0.15) is 11.6 Å². The molecule has 6 heteroatoms. The van der Waals surface area contributed by atoms with Crippen LogP contribution in [0.15, 0.2) is 17.5 Å². The van der Waals surface area contributed by atoms with Crippen molar-refractivity contribution in [3.8, 4) is 5.75 Å². The minimum Gasteiger partial charge on any atom is -0.480 e. The standard InChI is InChI=1S/C15H18F2N2OS/c1-15(2,3)12-8-21-13(19-12)7-20-14-10(16)4-9(6-18)5-11(14)17/h4-5,8H,6-7,18H2,1-3H3. The summed E-state index contributed by atoms with van der Waals surface area (Å²) in [6, 6.07) is 2.36. The Morgan fingerprint density at radius 1 is 1.24 bits per heavy atom. The number of hydrogen-bond donors (Lipinski definition) is 1. The van der Waals surface area contributed by atoms with Crippen LogP contribution < -0.4 is 10.5 Å². The minimum absolute atomic E-state index is 0.0383. The highest BCUT2D eigenvalue weighted by atomic mass is 32.1. The third-order valence-electron chi connectivity index (χ3n) is 2.95. The quantitative estimate of drug-likeness (QED) is 0.935. The molecule has 2 N–H and O–H groups in total. The number of aromatic nitrogens is 1. The lowest BCUT2D eigenvalue weighted by atomic mass is 9.93. The van der Waals surface area contributed by atoms with Crippen LogP contribution in [-0.4, -0.2) is 4.98 Å². The fourth-order valence-corrected chi connectivity index (χ4v) is 2.66. The molecule has 0 radical (unpaired) electrons. The summed E-state index contributed by atoms with van der Waals surface area (Å²) >= 11 is 1.41. The predicted octanol–water partition coefficient (Wildman–Crippen LogP) is 3.76. The molecule has 0 saturated heterocycles. The van der Waals surface area contributed by atoms with Gasteiger partial charge in [-0.3, -0.25) is 0 Å². The molecule has 0 aliphatic rings. The highest BCUT2D eigenvalue weighted by Crippen LogP contribution is 2.27. The summed E-state index contributed by atoms with van der Waals surface area (Å²) in [4.78, 5) is 4.42. The first-order chi connectivity index (χ1) is 9.81. The molecule has 0 atom stereocenters. The molecule has 0 aliphatic carbocycles. The Morgan fingerprint density at radius 2 is 1.86 bits per heavy atom. The van der Waals surface area contributed by atoms with Crippen LogP contribution in [0.2, 0.25) is 0 Å². The number of halogens is 2. The molecule has 0 fully saturated rings. The average Bonchev–Trinajstić information content (AvgIpc) is 2.86. The second-order valence-corrected chi connectivity index (χ2v) is 6.70. The molecule has 0 saturated carbocycles. The molecule has 114 valence electrons. The summed E-state index contributed by atoms with van der Waals surface area (Å²) < 4.78 is 32.8. The van der Waals surface area contributed by atoms with Crippen molar-refractivity contribution in [2.24, 2.45) is 5.73 Å². The zero-order valence-corrected chi connectivity index (χ0v) is 13.1. The van der Waals surface area contributed by atoms with Gasteiger partial charge >= 0.3 is 0 Å². The molecule has 0 spiro atoms. The van der Waals surface area contributed by atoms with Crippen LogP contribution in [0.25, 0.3) is 0 Å². The van der Waals surface area contributed by atoms with Gasteiger partial charge in [0.2, 0.25) is 0 Å². The van der Waals surface area contributed by atoms with Crippen molar-refractivity contribution in [2.75, 3.05) is 0 Å². The first-order valence-corrected chi connectivity index (χ1v) is 7.45. The van der Waals surface area contributed by atoms with E-state index in [-0.39, 0.29) is 24.3 Å².